The Bertz CT molecular complexity index is 524. The van der Waals surface area contributed by atoms with Crippen LogP contribution in [0.1, 0.15) is 10.4 Å². The number of benzene rings is 1. The van der Waals surface area contributed by atoms with Crippen molar-refractivity contribution >= 4 is 39.5 Å². The van der Waals surface area contributed by atoms with E-state index in [9.17, 15) is 4.79 Å². The minimum Gasteiger partial charge on any atom is -0.399 e. The van der Waals surface area contributed by atoms with Gasteiger partial charge in [-0.2, -0.15) is 0 Å². The summed E-state index contributed by atoms with van der Waals surface area (Å²) >= 11 is 7.08. The second-order valence-electron chi connectivity index (χ2n) is 3.18. The van der Waals surface area contributed by atoms with E-state index in [-0.39, 0.29) is 5.91 Å². The van der Waals surface area contributed by atoms with Crippen molar-refractivity contribution in [2.24, 2.45) is 0 Å². The highest BCUT2D eigenvalue weighted by Crippen LogP contribution is 2.26. The predicted octanol–water partition coefficient (Wildman–Crippen LogP) is 3.24. The van der Waals surface area contributed by atoms with Gasteiger partial charge in [0.15, 0.2) is 0 Å². The van der Waals surface area contributed by atoms with Gasteiger partial charge in [-0.1, -0.05) is 17.7 Å². The van der Waals surface area contributed by atoms with Gasteiger partial charge in [-0.15, -0.1) is 11.3 Å². The van der Waals surface area contributed by atoms with E-state index in [1.165, 1.54) is 11.3 Å². The number of carbonyl (C=O) groups is 1. The largest absolute Gasteiger partial charge is 0.399 e. The van der Waals surface area contributed by atoms with E-state index in [2.05, 4.69) is 5.32 Å². The molecule has 2 aromatic rings. The van der Waals surface area contributed by atoms with Crippen molar-refractivity contribution in [3.63, 3.8) is 0 Å². The van der Waals surface area contributed by atoms with Gasteiger partial charge in [0.25, 0.3) is 5.91 Å². The van der Waals surface area contributed by atoms with Crippen LogP contribution in [0, 0.1) is 0 Å². The maximum atomic E-state index is 11.8. The highest BCUT2D eigenvalue weighted by Gasteiger charge is 2.07. The predicted molar refractivity (Wildman–Crippen MR) is 68.1 cm³/mol. The van der Waals surface area contributed by atoms with Gasteiger partial charge in [-0.05, 0) is 30.3 Å². The molecule has 0 atom stereocenters. The van der Waals surface area contributed by atoms with Crippen molar-refractivity contribution < 1.29 is 4.79 Å². The molecule has 1 heterocycles. The maximum absolute atomic E-state index is 11.8. The van der Waals surface area contributed by atoms with Gasteiger partial charge < -0.3 is 11.1 Å². The number of nitrogens with one attached hydrogen (secondary N) is 1. The molecule has 0 aliphatic carbocycles. The van der Waals surface area contributed by atoms with Crippen LogP contribution in [0.5, 0.6) is 0 Å². The number of anilines is 2. The standard InChI is InChI=1S/C11H9ClN2OS/c12-9-4-5-10(16-9)14-11(15)7-2-1-3-8(13)6-7/h1-6H,13H2,(H,14,15). The van der Waals surface area contributed by atoms with Crippen LogP contribution in [0.2, 0.25) is 4.34 Å². The van der Waals surface area contributed by atoms with E-state index in [0.29, 0.717) is 15.6 Å². The van der Waals surface area contributed by atoms with E-state index < -0.39 is 0 Å². The van der Waals surface area contributed by atoms with Crippen LogP contribution >= 0.6 is 22.9 Å². The molecule has 16 heavy (non-hydrogen) atoms. The lowest BCUT2D eigenvalue weighted by atomic mass is 10.2. The smallest absolute Gasteiger partial charge is 0.256 e. The van der Waals surface area contributed by atoms with Crippen LogP contribution in [0.15, 0.2) is 36.4 Å². The molecule has 3 N–H and O–H groups in total. The van der Waals surface area contributed by atoms with Gasteiger partial charge in [-0.3, -0.25) is 4.79 Å². The normalized spacial score (nSPS) is 10.1. The van der Waals surface area contributed by atoms with Crippen LogP contribution in [0.25, 0.3) is 0 Å². The molecule has 0 bridgehead atoms. The Morgan fingerprint density at radius 2 is 2.12 bits per heavy atom. The summed E-state index contributed by atoms with van der Waals surface area (Å²) in [5.74, 6) is -0.189. The third-order valence-corrected chi connectivity index (χ3v) is 3.11. The van der Waals surface area contributed by atoms with Crippen molar-refractivity contribution in [1.82, 2.24) is 0 Å². The molecule has 1 amide bonds. The first-order chi connectivity index (χ1) is 7.65. The molecule has 1 aromatic heterocycles. The zero-order valence-corrected chi connectivity index (χ0v) is 9.81. The summed E-state index contributed by atoms with van der Waals surface area (Å²) < 4.78 is 0.642. The topological polar surface area (TPSA) is 55.1 Å². The molecule has 0 saturated heterocycles. The molecule has 0 fully saturated rings. The van der Waals surface area contributed by atoms with Crippen molar-refractivity contribution in [2.75, 3.05) is 11.1 Å². The lowest BCUT2D eigenvalue weighted by Crippen LogP contribution is -2.10. The number of carbonyl (C=O) groups excluding carboxylic acids is 1. The van der Waals surface area contributed by atoms with Gasteiger partial charge in [0.1, 0.15) is 0 Å². The van der Waals surface area contributed by atoms with E-state index in [1.54, 1.807) is 36.4 Å². The molecule has 0 saturated carbocycles. The molecule has 82 valence electrons. The fourth-order valence-electron chi connectivity index (χ4n) is 1.25. The van der Waals surface area contributed by atoms with E-state index in [0.717, 1.165) is 5.00 Å². The van der Waals surface area contributed by atoms with Gasteiger partial charge >= 0.3 is 0 Å². The third-order valence-electron chi connectivity index (χ3n) is 1.96. The highest BCUT2D eigenvalue weighted by molar-refractivity contribution is 7.20. The van der Waals surface area contributed by atoms with Gasteiger partial charge in [0, 0.05) is 11.3 Å². The summed E-state index contributed by atoms with van der Waals surface area (Å²) in [7, 11) is 0. The molecule has 2 rings (SSSR count). The van der Waals surface area contributed by atoms with Crippen LogP contribution in [-0.4, -0.2) is 5.91 Å². The van der Waals surface area contributed by atoms with Crippen LogP contribution in [0.3, 0.4) is 0 Å². The minimum atomic E-state index is -0.189. The van der Waals surface area contributed by atoms with E-state index in [1.807, 2.05) is 0 Å². The summed E-state index contributed by atoms with van der Waals surface area (Å²) in [4.78, 5) is 11.8. The van der Waals surface area contributed by atoms with Crippen molar-refractivity contribution in [3.05, 3.63) is 46.3 Å². The third kappa shape index (κ3) is 2.53. The Kier molecular flexibility index (Phi) is 3.12. The first-order valence-corrected chi connectivity index (χ1v) is 5.77. The number of hydrogen-bond donors (Lipinski definition) is 2. The minimum absolute atomic E-state index is 0.189. The number of nitrogen functional groups attached to an aromatic ring is 1. The lowest BCUT2D eigenvalue weighted by Gasteiger charge is -2.02. The Morgan fingerprint density at radius 1 is 1.31 bits per heavy atom. The molecule has 5 heteroatoms. The number of amides is 1. The second kappa shape index (κ2) is 4.55. The molecule has 0 aliphatic rings. The SMILES string of the molecule is Nc1cccc(C(=O)Nc2ccc(Cl)s2)c1. The van der Waals surface area contributed by atoms with Crippen LogP contribution < -0.4 is 11.1 Å². The Hall–Kier alpha value is -1.52. The molecule has 1 aromatic carbocycles. The molecule has 3 nitrogen and oxygen atoms in total. The molecule has 0 unspecified atom stereocenters. The Morgan fingerprint density at radius 3 is 2.75 bits per heavy atom. The van der Waals surface area contributed by atoms with Gasteiger partial charge in [-0.25, -0.2) is 0 Å². The zero-order valence-electron chi connectivity index (χ0n) is 8.24. The fourth-order valence-corrected chi connectivity index (χ4v) is 2.18. The molecule has 0 aliphatic heterocycles. The maximum Gasteiger partial charge on any atom is 0.256 e. The molecule has 0 spiro atoms. The highest BCUT2D eigenvalue weighted by atomic mass is 35.5. The molecule has 0 radical (unpaired) electrons. The second-order valence-corrected chi connectivity index (χ2v) is 4.90. The number of thiophene rings is 1. The van der Waals surface area contributed by atoms with E-state index >= 15 is 0 Å². The van der Waals surface area contributed by atoms with Gasteiger partial charge in [0.05, 0.1) is 9.34 Å². The average Bonchev–Trinajstić information content (AvgIpc) is 2.64. The fraction of sp³-hybridized carbons (Fsp3) is 0. The van der Waals surface area contributed by atoms with Crippen molar-refractivity contribution in [3.8, 4) is 0 Å². The van der Waals surface area contributed by atoms with Crippen LogP contribution in [-0.2, 0) is 0 Å². The van der Waals surface area contributed by atoms with Crippen molar-refractivity contribution in [2.45, 2.75) is 0 Å². The number of nitrogens with two attached hydrogens (primary N) is 1. The monoisotopic (exact) mass is 252 g/mol. The van der Waals surface area contributed by atoms with E-state index in [4.69, 9.17) is 17.3 Å². The number of hydrogen-bond acceptors (Lipinski definition) is 3. The van der Waals surface area contributed by atoms with Crippen LogP contribution in [0.4, 0.5) is 10.7 Å². The zero-order chi connectivity index (χ0) is 11.5. The van der Waals surface area contributed by atoms with Crippen molar-refractivity contribution in [1.29, 1.82) is 0 Å². The number of rotatable bonds is 2. The van der Waals surface area contributed by atoms with Gasteiger partial charge in [0.2, 0.25) is 0 Å². The Labute approximate surface area is 102 Å². The summed E-state index contributed by atoms with van der Waals surface area (Å²) in [6.07, 6.45) is 0. The summed E-state index contributed by atoms with van der Waals surface area (Å²) in [5.41, 5.74) is 6.69. The summed E-state index contributed by atoms with van der Waals surface area (Å²) in [5, 5.41) is 3.47. The lowest BCUT2D eigenvalue weighted by molar-refractivity contribution is 0.102. The first-order valence-electron chi connectivity index (χ1n) is 4.57. The molecular formula is C11H9ClN2OS. The first kappa shape index (κ1) is 11.0. The summed E-state index contributed by atoms with van der Waals surface area (Å²) in [6, 6.07) is 10.3. The molecular weight excluding hydrogens is 244 g/mol. The average molecular weight is 253 g/mol. The summed E-state index contributed by atoms with van der Waals surface area (Å²) in [6.45, 7) is 0. The quantitative estimate of drug-likeness (QED) is 0.807. The Balaban J connectivity index is 2.14. The number of halogens is 1.